The molecule has 1 aliphatic carbocycles. The van der Waals surface area contributed by atoms with Gasteiger partial charge in [-0.15, -0.1) is 0 Å². The summed E-state index contributed by atoms with van der Waals surface area (Å²) in [6, 6.07) is 0. The number of hydrogen-bond donors (Lipinski definition) is 1. The van der Waals surface area contributed by atoms with E-state index in [0.29, 0.717) is 25.5 Å². The number of rotatable bonds is 3. The predicted octanol–water partition coefficient (Wildman–Crippen LogP) is -0.596. The van der Waals surface area contributed by atoms with Gasteiger partial charge in [-0.05, 0) is 25.7 Å². The van der Waals surface area contributed by atoms with Crippen LogP contribution in [0.3, 0.4) is 0 Å². The highest BCUT2D eigenvalue weighted by atomic mass is 16.2. The van der Waals surface area contributed by atoms with Gasteiger partial charge in [-0.25, -0.2) is 14.5 Å². The summed E-state index contributed by atoms with van der Waals surface area (Å²) in [4.78, 5) is 36.9. The lowest BCUT2D eigenvalue weighted by atomic mass is 9.96. The monoisotopic (exact) mass is 372 g/mol. The largest absolute Gasteiger partial charge is 0.368 e. The third-order valence-corrected chi connectivity index (χ3v) is 5.19. The lowest BCUT2D eigenvalue weighted by molar-refractivity contribution is -0.129. The second-order valence-corrected chi connectivity index (χ2v) is 7.26. The van der Waals surface area contributed by atoms with Crippen LogP contribution < -0.4 is 16.3 Å². The van der Waals surface area contributed by atoms with Crippen molar-refractivity contribution in [3.8, 4) is 0 Å². The van der Waals surface area contributed by atoms with Crippen LogP contribution in [0.15, 0.2) is 4.79 Å². The van der Waals surface area contributed by atoms with Crippen LogP contribution in [-0.4, -0.2) is 55.8 Å². The standard InChI is InChI=1S/C17H24N8O2/c1-22(2)14(26)10-25-17(27)24-8-7-23(9-13(24)21-25)15-11-5-3-4-6-12(11)19-16(18)20-15/h3-10H2,1-2H3,(H2,18,19,20). The third kappa shape index (κ3) is 3.15. The SMILES string of the molecule is CN(C)C(=O)Cn1nc2n(c1=O)CCN(c1nc(N)nc3c1CCCC3)C2. The van der Waals surface area contributed by atoms with Crippen LogP contribution in [0.2, 0.25) is 0 Å². The van der Waals surface area contributed by atoms with E-state index in [-0.39, 0.29) is 24.1 Å². The van der Waals surface area contributed by atoms with Crippen molar-refractivity contribution in [3.63, 3.8) is 0 Å². The first-order chi connectivity index (χ1) is 12.9. The quantitative estimate of drug-likeness (QED) is 0.765. The minimum absolute atomic E-state index is 0.0539. The second kappa shape index (κ2) is 6.67. The maximum atomic E-state index is 12.5. The zero-order valence-corrected chi connectivity index (χ0v) is 15.7. The van der Waals surface area contributed by atoms with Crippen molar-refractivity contribution in [2.75, 3.05) is 31.3 Å². The van der Waals surface area contributed by atoms with Gasteiger partial charge in [0.05, 0.1) is 12.2 Å². The number of nitrogens with two attached hydrogens (primary N) is 1. The highest BCUT2D eigenvalue weighted by molar-refractivity contribution is 5.75. The predicted molar refractivity (Wildman–Crippen MR) is 99.3 cm³/mol. The molecule has 0 radical (unpaired) electrons. The molecule has 1 aliphatic heterocycles. The first-order valence-electron chi connectivity index (χ1n) is 9.21. The number of aromatic nitrogens is 5. The summed E-state index contributed by atoms with van der Waals surface area (Å²) in [7, 11) is 3.32. The van der Waals surface area contributed by atoms with Crippen LogP contribution in [0.4, 0.5) is 11.8 Å². The van der Waals surface area contributed by atoms with Gasteiger partial charge >= 0.3 is 5.69 Å². The molecule has 4 rings (SSSR count). The fraction of sp³-hybridized carbons (Fsp3) is 0.588. The molecule has 144 valence electrons. The lowest BCUT2D eigenvalue weighted by Crippen LogP contribution is -2.39. The molecule has 10 nitrogen and oxygen atoms in total. The van der Waals surface area contributed by atoms with Crippen LogP contribution in [0.25, 0.3) is 0 Å². The molecule has 2 aliphatic rings. The second-order valence-electron chi connectivity index (χ2n) is 7.26. The number of hydrogen-bond acceptors (Lipinski definition) is 7. The number of aryl methyl sites for hydroxylation is 1. The van der Waals surface area contributed by atoms with Crippen LogP contribution >= 0.6 is 0 Å². The van der Waals surface area contributed by atoms with E-state index in [9.17, 15) is 9.59 Å². The summed E-state index contributed by atoms with van der Waals surface area (Å²) in [5, 5.41) is 4.39. The highest BCUT2D eigenvalue weighted by Crippen LogP contribution is 2.30. The van der Waals surface area contributed by atoms with Crippen molar-refractivity contribution in [1.29, 1.82) is 0 Å². The Kier molecular flexibility index (Phi) is 4.33. The molecular weight excluding hydrogens is 348 g/mol. The molecule has 0 saturated heterocycles. The van der Waals surface area contributed by atoms with Gasteiger partial charge in [0.1, 0.15) is 12.4 Å². The van der Waals surface area contributed by atoms with Crippen LogP contribution in [0.5, 0.6) is 0 Å². The Morgan fingerprint density at radius 1 is 1.19 bits per heavy atom. The molecule has 10 heteroatoms. The number of likely N-dealkylation sites (N-methyl/N-ethyl adjacent to an activating group) is 1. The summed E-state index contributed by atoms with van der Waals surface area (Å²) in [6.45, 7) is 1.55. The zero-order valence-electron chi connectivity index (χ0n) is 15.7. The van der Waals surface area contributed by atoms with E-state index in [1.165, 1.54) is 9.58 Å². The lowest BCUT2D eigenvalue weighted by Gasteiger charge is -2.31. The summed E-state index contributed by atoms with van der Waals surface area (Å²) in [6.07, 6.45) is 4.11. The van der Waals surface area contributed by atoms with Crippen molar-refractivity contribution < 1.29 is 4.79 Å². The van der Waals surface area contributed by atoms with Crippen LogP contribution in [0.1, 0.15) is 29.9 Å². The molecule has 0 fully saturated rings. The average Bonchev–Trinajstić information content (AvgIpc) is 2.96. The Morgan fingerprint density at radius 3 is 2.74 bits per heavy atom. The van der Waals surface area contributed by atoms with E-state index in [1.54, 1.807) is 18.7 Å². The molecule has 0 spiro atoms. The maximum Gasteiger partial charge on any atom is 0.346 e. The summed E-state index contributed by atoms with van der Waals surface area (Å²) < 4.78 is 2.88. The Morgan fingerprint density at radius 2 is 1.96 bits per heavy atom. The molecule has 2 aromatic heterocycles. The molecule has 3 heterocycles. The molecule has 2 N–H and O–H groups in total. The van der Waals surface area contributed by atoms with Gasteiger partial charge in [0.25, 0.3) is 0 Å². The highest BCUT2D eigenvalue weighted by Gasteiger charge is 2.27. The Labute approximate surface area is 156 Å². The van der Waals surface area contributed by atoms with Gasteiger partial charge in [-0.2, -0.15) is 10.1 Å². The Hall–Kier alpha value is -2.91. The summed E-state index contributed by atoms with van der Waals surface area (Å²) in [5.41, 5.74) is 7.88. The molecule has 27 heavy (non-hydrogen) atoms. The number of carbonyl (C=O) groups is 1. The van der Waals surface area contributed by atoms with E-state index >= 15 is 0 Å². The fourth-order valence-corrected chi connectivity index (χ4v) is 3.71. The third-order valence-electron chi connectivity index (χ3n) is 5.19. The number of carbonyl (C=O) groups excluding carboxylic acids is 1. The normalized spacial score (nSPS) is 16.0. The number of nitrogens with zero attached hydrogens (tertiary/aromatic N) is 7. The van der Waals surface area contributed by atoms with Gasteiger partial charge in [0.2, 0.25) is 11.9 Å². The van der Waals surface area contributed by atoms with E-state index in [4.69, 9.17) is 5.73 Å². The van der Waals surface area contributed by atoms with Gasteiger partial charge in [0, 0.05) is 32.7 Å². The Bertz CT molecular complexity index is 945. The number of anilines is 2. The molecule has 0 aromatic carbocycles. The first-order valence-corrected chi connectivity index (χ1v) is 9.21. The molecule has 0 atom stereocenters. The fourth-order valence-electron chi connectivity index (χ4n) is 3.71. The summed E-state index contributed by atoms with van der Waals surface area (Å²) >= 11 is 0. The van der Waals surface area contributed by atoms with Crippen LogP contribution in [0, 0.1) is 0 Å². The minimum Gasteiger partial charge on any atom is -0.368 e. The molecule has 0 unspecified atom stereocenters. The van der Waals surface area contributed by atoms with Crippen molar-refractivity contribution in [2.24, 2.45) is 0 Å². The molecule has 0 bridgehead atoms. The zero-order chi connectivity index (χ0) is 19.1. The van der Waals surface area contributed by atoms with Gasteiger partial charge in [-0.3, -0.25) is 9.36 Å². The van der Waals surface area contributed by atoms with Crippen LogP contribution in [-0.2, 0) is 37.3 Å². The van der Waals surface area contributed by atoms with E-state index in [1.807, 2.05) is 0 Å². The number of amides is 1. The van der Waals surface area contributed by atoms with E-state index in [0.717, 1.165) is 42.8 Å². The number of nitrogen functional groups attached to an aromatic ring is 1. The van der Waals surface area contributed by atoms with Crippen molar-refractivity contribution >= 4 is 17.7 Å². The maximum absolute atomic E-state index is 12.5. The van der Waals surface area contributed by atoms with E-state index in [2.05, 4.69) is 20.0 Å². The molecule has 1 amide bonds. The smallest absolute Gasteiger partial charge is 0.346 e. The Balaban J connectivity index is 1.64. The van der Waals surface area contributed by atoms with Gasteiger partial charge < -0.3 is 15.5 Å². The minimum atomic E-state index is -0.246. The average molecular weight is 372 g/mol. The first kappa shape index (κ1) is 17.5. The summed E-state index contributed by atoms with van der Waals surface area (Å²) in [5.74, 6) is 1.62. The van der Waals surface area contributed by atoms with Gasteiger partial charge in [0.15, 0.2) is 5.82 Å². The molecule has 0 saturated carbocycles. The van der Waals surface area contributed by atoms with Crippen molar-refractivity contribution in [1.82, 2.24) is 29.2 Å². The molecular formula is C17H24N8O2. The molecule has 2 aromatic rings. The van der Waals surface area contributed by atoms with Crippen molar-refractivity contribution in [3.05, 3.63) is 27.6 Å². The van der Waals surface area contributed by atoms with E-state index < -0.39 is 0 Å². The number of fused-ring (bicyclic) bond motifs is 2. The van der Waals surface area contributed by atoms with Crippen molar-refractivity contribution in [2.45, 2.75) is 45.3 Å². The topological polar surface area (TPSA) is 115 Å². The van der Waals surface area contributed by atoms with Gasteiger partial charge in [-0.1, -0.05) is 0 Å².